The number of hydrogen-bond acceptors (Lipinski definition) is 4. The lowest BCUT2D eigenvalue weighted by molar-refractivity contribution is -0.142. The van der Waals surface area contributed by atoms with Crippen LogP contribution in [0.3, 0.4) is 0 Å². The molecule has 1 aliphatic heterocycles. The van der Waals surface area contributed by atoms with Crippen molar-refractivity contribution in [2.75, 3.05) is 32.9 Å². The monoisotopic (exact) mass is 291 g/mol. The molecule has 1 saturated carbocycles. The molecule has 1 aromatic heterocycles. The summed E-state index contributed by atoms with van der Waals surface area (Å²) in [5.74, 6) is 0.504. The Balaban J connectivity index is 1.61. The Hall–Kier alpha value is -1.10. The fourth-order valence-corrected chi connectivity index (χ4v) is 3.70. The molecule has 116 valence electrons. The number of morpholine rings is 1. The van der Waals surface area contributed by atoms with Crippen molar-refractivity contribution >= 4 is 0 Å². The highest BCUT2D eigenvalue weighted by Crippen LogP contribution is 2.41. The molecule has 1 spiro atoms. The highest BCUT2D eigenvalue weighted by Gasteiger charge is 2.46. The van der Waals surface area contributed by atoms with Crippen LogP contribution in [0.1, 0.15) is 24.8 Å². The zero-order chi connectivity index (χ0) is 14.5. The van der Waals surface area contributed by atoms with Crippen LogP contribution in [-0.2, 0) is 16.0 Å². The summed E-state index contributed by atoms with van der Waals surface area (Å²) in [6.07, 6.45) is 8.98. The van der Waals surface area contributed by atoms with Crippen LogP contribution < -0.4 is 0 Å². The van der Waals surface area contributed by atoms with Crippen LogP contribution in [0.15, 0.2) is 35.7 Å². The van der Waals surface area contributed by atoms with E-state index in [1.165, 1.54) is 18.4 Å². The molecule has 0 bridgehead atoms. The van der Waals surface area contributed by atoms with Crippen molar-refractivity contribution in [2.45, 2.75) is 31.4 Å². The Morgan fingerprint density at radius 3 is 3.29 bits per heavy atom. The van der Waals surface area contributed by atoms with E-state index < -0.39 is 0 Å². The van der Waals surface area contributed by atoms with Gasteiger partial charge in [-0.3, -0.25) is 4.90 Å². The van der Waals surface area contributed by atoms with Crippen LogP contribution in [-0.4, -0.2) is 43.4 Å². The Morgan fingerprint density at radius 2 is 2.48 bits per heavy atom. The van der Waals surface area contributed by atoms with Gasteiger partial charge in [0.1, 0.15) is 0 Å². The maximum atomic E-state index is 6.25. The third-order valence-corrected chi connectivity index (χ3v) is 4.73. The summed E-state index contributed by atoms with van der Waals surface area (Å²) in [6.45, 7) is 8.88. The summed E-state index contributed by atoms with van der Waals surface area (Å²) in [5, 5.41) is 0. The summed E-state index contributed by atoms with van der Waals surface area (Å²) < 4.78 is 17.1. The Labute approximate surface area is 126 Å². The maximum absolute atomic E-state index is 6.25. The summed E-state index contributed by atoms with van der Waals surface area (Å²) >= 11 is 0. The average molecular weight is 291 g/mol. The number of rotatable bonds is 6. The van der Waals surface area contributed by atoms with E-state index in [4.69, 9.17) is 13.9 Å². The first kappa shape index (κ1) is 14.8. The maximum Gasteiger partial charge on any atom is 0.0947 e. The number of furan rings is 1. The molecule has 0 N–H and O–H groups in total. The van der Waals surface area contributed by atoms with Crippen molar-refractivity contribution in [3.8, 4) is 0 Å². The molecule has 1 saturated heterocycles. The summed E-state index contributed by atoms with van der Waals surface area (Å²) in [4.78, 5) is 2.49. The molecule has 3 rings (SSSR count). The highest BCUT2D eigenvalue weighted by atomic mass is 16.5. The van der Waals surface area contributed by atoms with Gasteiger partial charge in [0.25, 0.3) is 0 Å². The lowest BCUT2D eigenvalue weighted by Crippen LogP contribution is -2.54. The van der Waals surface area contributed by atoms with E-state index in [2.05, 4.69) is 11.5 Å². The minimum Gasteiger partial charge on any atom is -0.472 e. The van der Waals surface area contributed by atoms with Crippen LogP contribution in [0.4, 0.5) is 0 Å². The minimum atomic E-state index is -0.0108. The molecule has 0 amide bonds. The van der Waals surface area contributed by atoms with E-state index in [-0.39, 0.29) is 5.60 Å². The van der Waals surface area contributed by atoms with Crippen molar-refractivity contribution in [1.29, 1.82) is 0 Å². The van der Waals surface area contributed by atoms with Crippen molar-refractivity contribution in [1.82, 2.24) is 4.90 Å². The van der Waals surface area contributed by atoms with Gasteiger partial charge in [-0.2, -0.15) is 0 Å². The standard InChI is InChI=1S/C17H25NO3/c1-2-8-19-13-16-4-3-6-17(16)14-18(7-10-21-17)11-15-5-9-20-12-15/h2,5,9,12,16H,1,3-4,6-8,10-11,13-14H2/t16-,17+/m0/s1. The molecular weight excluding hydrogens is 266 g/mol. The molecule has 0 aromatic carbocycles. The molecule has 21 heavy (non-hydrogen) atoms. The van der Waals surface area contributed by atoms with Crippen LogP contribution in [0.25, 0.3) is 0 Å². The Bertz CT molecular complexity index is 445. The van der Waals surface area contributed by atoms with Gasteiger partial charge >= 0.3 is 0 Å². The quantitative estimate of drug-likeness (QED) is 0.596. The zero-order valence-electron chi connectivity index (χ0n) is 12.6. The molecule has 1 aliphatic carbocycles. The van der Waals surface area contributed by atoms with Gasteiger partial charge in [-0.15, -0.1) is 6.58 Å². The van der Waals surface area contributed by atoms with Gasteiger partial charge in [0.05, 0.1) is 37.9 Å². The summed E-state index contributed by atoms with van der Waals surface area (Å²) in [6, 6.07) is 2.04. The molecular formula is C17H25NO3. The van der Waals surface area contributed by atoms with Gasteiger partial charge in [0.15, 0.2) is 0 Å². The number of ether oxygens (including phenoxy) is 2. The fraction of sp³-hybridized carbons (Fsp3) is 0.647. The summed E-state index contributed by atoms with van der Waals surface area (Å²) in [7, 11) is 0. The first-order valence-electron chi connectivity index (χ1n) is 7.88. The van der Waals surface area contributed by atoms with Crippen LogP contribution in [0.5, 0.6) is 0 Å². The first-order valence-corrected chi connectivity index (χ1v) is 7.88. The van der Waals surface area contributed by atoms with Crippen LogP contribution >= 0.6 is 0 Å². The van der Waals surface area contributed by atoms with Crippen LogP contribution in [0.2, 0.25) is 0 Å². The second-order valence-corrected chi connectivity index (χ2v) is 6.17. The summed E-state index contributed by atoms with van der Waals surface area (Å²) in [5.41, 5.74) is 1.23. The predicted molar refractivity (Wildman–Crippen MR) is 81.0 cm³/mol. The molecule has 0 unspecified atom stereocenters. The molecule has 2 heterocycles. The lowest BCUT2D eigenvalue weighted by Gasteiger charge is -2.44. The normalized spacial score (nSPS) is 30.0. The molecule has 0 radical (unpaired) electrons. The molecule has 2 atom stereocenters. The third-order valence-electron chi connectivity index (χ3n) is 4.73. The predicted octanol–water partition coefficient (Wildman–Crippen LogP) is 2.85. The number of hydrogen-bond donors (Lipinski definition) is 0. The molecule has 1 aromatic rings. The lowest BCUT2D eigenvalue weighted by atomic mass is 9.89. The second kappa shape index (κ2) is 6.77. The van der Waals surface area contributed by atoms with E-state index in [1.807, 2.05) is 18.4 Å². The van der Waals surface area contributed by atoms with Gasteiger partial charge in [-0.1, -0.05) is 12.5 Å². The molecule has 4 heteroatoms. The largest absolute Gasteiger partial charge is 0.472 e. The first-order chi connectivity index (χ1) is 10.3. The van der Waals surface area contributed by atoms with Crippen LogP contribution in [0, 0.1) is 5.92 Å². The smallest absolute Gasteiger partial charge is 0.0947 e. The third kappa shape index (κ3) is 3.39. The van der Waals surface area contributed by atoms with E-state index in [0.29, 0.717) is 12.5 Å². The van der Waals surface area contributed by atoms with Gasteiger partial charge < -0.3 is 13.9 Å². The van der Waals surface area contributed by atoms with Crippen molar-refractivity contribution in [3.63, 3.8) is 0 Å². The van der Waals surface area contributed by atoms with Crippen molar-refractivity contribution in [3.05, 3.63) is 36.8 Å². The topological polar surface area (TPSA) is 34.8 Å². The Kier molecular flexibility index (Phi) is 4.78. The van der Waals surface area contributed by atoms with E-state index >= 15 is 0 Å². The molecule has 2 aliphatic rings. The Morgan fingerprint density at radius 1 is 1.52 bits per heavy atom. The van der Waals surface area contributed by atoms with E-state index in [0.717, 1.165) is 39.3 Å². The average Bonchev–Trinajstić information content (AvgIpc) is 3.11. The highest BCUT2D eigenvalue weighted by molar-refractivity contribution is 5.06. The second-order valence-electron chi connectivity index (χ2n) is 6.17. The van der Waals surface area contributed by atoms with Crippen molar-refractivity contribution < 1.29 is 13.9 Å². The van der Waals surface area contributed by atoms with Gasteiger partial charge in [-0.25, -0.2) is 0 Å². The zero-order valence-corrected chi connectivity index (χ0v) is 12.6. The van der Waals surface area contributed by atoms with Crippen molar-refractivity contribution in [2.24, 2.45) is 5.92 Å². The van der Waals surface area contributed by atoms with Gasteiger partial charge in [0, 0.05) is 31.1 Å². The minimum absolute atomic E-state index is 0.0108. The van der Waals surface area contributed by atoms with Gasteiger partial charge in [-0.05, 0) is 18.9 Å². The molecule has 2 fully saturated rings. The number of nitrogens with zero attached hydrogens (tertiary/aromatic N) is 1. The fourth-order valence-electron chi connectivity index (χ4n) is 3.70. The molecule has 4 nitrogen and oxygen atoms in total. The van der Waals surface area contributed by atoms with E-state index in [1.54, 1.807) is 6.26 Å². The van der Waals surface area contributed by atoms with E-state index in [9.17, 15) is 0 Å². The SMILES string of the molecule is C=CCOC[C@@H]1CCC[C@@]12CN(Cc1ccoc1)CCO2. The van der Waals surface area contributed by atoms with Gasteiger partial charge in [0.2, 0.25) is 0 Å².